The molecule has 0 radical (unpaired) electrons. The lowest BCUT2D eigenvalue weighted by Crippen LogP contribution is -2.39. The van der Waals surface area contributed by atoms with Crippen molar-refractivity contribution in [1.82, 2.24) is 14.8 Å². The van der Waals surface area contributed by atoms with Crippen molar-refractivity contribution in [3.05, 3.63) is 59.2 Å². The summed E-state index contributed by atoms with van der Waals surface area (Å²) in [6.45, 7) is 3.56. The number of nitrogens with zero attached hydrogens (tertiary/aromatic N) is 2. The van der Waals surface area contributed by atoms with Crippen LogP contribution in [0.2, 0.25) is 0 Å². The maximum Gasteiger partial charge on any atom is 0.255 e. The number of aromatic amines is 1. The van der Waals surface area contributed by atoms with Gasteiger partial charge in [-0.25, -0.2) is 4.39 Å². The highest BCUT2D eigenvalue weighted by atomic mass is 19.1. The van der Waals surface area contributed by atoms with Crippen molar-refractivity contribution in [2.24, 2.45) is 11.8 Å². The average Bonchev–Trinajstić information content (AvgIpc) is 3.35. The molecule has 0 saturated carbocycles. The van der Waals surface area contributed by atoms with E-state index in [0.717, 1.165) is 11.3 Å². The second-order valence-corrected chi connectivity index (χ2v) is 7.63. The van der Waals surface area contributed by atoms with Crippen LogP contribution in [0.5, 0.6) is 0 Å². The van der Waals surface area contributed by atoms with E-state index in [1.165, 1.54) is 19.2 Å². The summed E-state index contributed by atoms with van der Waals surface area (Å²) in [4.78, 5) is 32.2. The topological polar surface area (TPSA) is 65.6 Å². The maximum atomic E-state index is 13.9. The molecule has 2 aromatic rings. The number of likely N-dealkylation sites (tertiary alicyclic amines) is 2. The van der Waals surface area contributed by atoms with E-state index in [-0.39, 0.29) is 42.1 Å². The van der Waals surface area contributed by atoms with Gasteiger partial charge in [0.25, 0.3) is 5.91 Å². The Kier molecular flexibility index (Phi) is 4.93. The number of nitrogens with one attached hydrogen (secondary N) is 1. The Labute approximate surface area is 163 Å². The molecule has 0 aliphatic carbocycles. The zero-order valence-corrected chi connectivity index (χ0v) is 16.0. The number of fused-ring (bicyclic) bond motifs is 1. The van der Waals surface area contributed by atoms with E-state index in [4.69, 9.17) is 4.74 Å². The number of carbonyl (C=O) groups is 2. The number of hydrogen-bond donors (Lipinski definition) is 1. The number of aryl methyl sites for hydroxylation is 1. The zero-order valence-electron chi connectivity index (χ0n) is 16.0. The van der Waals surface area contributed by atoms with Crippen LogP contribution < -0.4 is 0 Å². The van der Waals surface area contributed by atoms with Crippen LogP contribution in [0.15, 0.2) is 36.5 Å². The van der Waals surface area contributed by atoms with E-state index < -0.39 is 0 Å². The zero-order chi connectivity index (χ0) is 19.8. The van der Waals surface area contributed by atoms with Crippen LogP contribution in [0, 0.1) is 24.6 Å². The predicted molar refractivity (Wildman–Crippen MR) is 101 cm³/mol. The minimum absolute atomic E-state index is 0.000843. The standard InChI is InChI=1S/C21H24FN3O3/c1-13-17(6-7-23-13)21(27)24-9-15-10-25(19(26)12-28-2)20(18(15)11-24)14-4-3-5-16(22)8-14/h3-8,15,18,20,23H,9-12H2,1-2H3/t15-,18-,20+/m1/s1. The van der Waals surface area contributed by atoms with E-state index in [9.17, 15) is 14.0 Å². The Balaban J connectivity index is 1.61. The van der Waals surface area contributed by atoms with Gasteiger partial charge in [-0.2, -0.15) is 0 Å². The number of carbonyl (C=O) groups excluding carboxylic acids is 2. The first-order valence-corrected chi connectivity index (χ1v) is 9.46. The highest BCUT2D eigenvalue weighted by molar-refractivity contribution is 5.95. The molecule has 6 nitrogen and oxygen atoms in total. The molecule has 3 heterocycles. The quantitative estimate of drug-likeness (QED) is 0.879. The van der Waals surface area contributed by atoms with Crippen LogP contribution in [0.4, 0.5) is 4.39 Å². The molecular weight excluding hydrogens is 361 g/mol. The van der Waals surface area contributed by atoms with Gasteiger partial charge in [-0.05, 0) is 30.7 Å². The molecule has 1 N–H and O–H groups in total. The number of benzene rings is 1. The monoisotopic (exact) mass is 385 g/mol. The Hall–Kier alpha value is -2.67. The van der Waals surface area contributed by atoms with Crippen molar-refractivity contribution in [3.8, 4) is 0 Å². The smallest absolute Gasteiger partial charge is 0.255 e. The van der Waals surface area contributed by atoms with Crippen LogP contribution in [-0.4, -0.2) is 59.9 Å². The summed E-state index contributed by atoms with van der Waals surface area (Å²) in [5, 5.41) is 0. The van der Waals surface area contributed by atoms with Crippen LogP contribution in [0.1, 0.15) is 27.7 Å². The van der Waals surface area contributed by atoms with Gasteiger partial charge in [0.2, 0.25) is 5.91 Å². The first-order valence-electron chi connectivity index (χ1n) is 9.46. The molecule has 28 heavy (non-hydrogen) atoms. The first-order chi connectivity index (χ1) is 13.5. The molecule has 1 aromatic heterocycles. The number of ether oxygens (including phenoxy) is 1. The van der Waals surface area contributed by atoms with Gasteiger partial charge >= 0.3 is 0 Å². The summed E-state index contributed by atoms with van der Waals surface area (Å²) in [5.41, 5.74) is 2.29. The number of H-pyrrole nitrogens is 1. The predicted octanol–water partition coefficient (Wildman–Crippen LogP) is 2.38. The van der Waals surface area contributed by atoms with Gasteiger partial charge in [-0.15, -0.1) is 0 Å². The van der Waals surface area contributed by atoms with Crippen LogP contribution in [0.25, 0.3) is 0 Å². The third-order valence-corrected chi connectivity index (χ3v) is 5.91. The minimum atomic E-state index is -0.325. The number of aromatic nitrogens is 1. The lowest BCUT2D eigenvalue weighted by molar-refractivity contribution is -0.136. The van der Waals surface area contributed by atoms with Gasteiger partial charge in [0.1, 0.15) is 12.4 Å². The molecule has 1 aromatic carbocycles. The molecule has 3 atom stereocenters. The Morgan fingerprint density at radius 2 is 2.07 bits per heavy atom. The number of halogens is 1. The maximum absolute atomic E-state index is 13.9. The number of hydrogen-bond acceptors (Lipinski definition) is 3. The van der Waals surface area contributed by atoms with E-state index in [1.54, 1.807) is 23.2 Å². The van der Waals surface area contributed by atoms with Crippen molar-refractivity contribution < 1.29 is 18.7 Å². The third kappa shape index (κ3) is 3.20. The summed E-state index contributed by atoms with van der Waals surface area (Å²) in [5.74, 6) is -0.191. The van der Waals surface area contributed by atoms with E-state index in [0.29, 0.717) is 25.2 Å². The molecular formula is C21H24FN3O3. The fraction of sp³-hybridized carbons (Fsp3) is 0.429. The Morgan fingerprint density at radius 1 is 1.25 bits per heavy atom. The van der Waals surface area contributed by atoms with Crippen molar-refractivity contribution >= 4 is 11.8 Å². The minimum Gasteiger partial charge on any atom is -0.375 e. The molecule has 2 amide bonds. The SMILES string of the molecule is COCC(=O)N1C[C@H]2CN(C(=O)c3cc[nH]c3C)C[C@H]2[C@@H]1c1cccc(F)c1. The second kappa shape index (κ2) is 7.39. The Morgan fingerprint density at radius 3 is 2.75 bits per heavy atom. The summed E-state index contributed by atoms with van der Waals surface area (Å²) in [7, 11) is 1.49. The summed E-state index contributed by atoms with van der Waals surface area (Å²) < 4.78 is 18.9. The lowest BCUT2D eigenvalue weighted by atomic mass is 9.89. The third-order valence-electron chi connectivity index (χ3n) is 5.91. The molecule has 0 bridgehead atoms. The van der Waals surface area contributed by atoms with Gasteiger partial charge in [-0.1, -0.05) is 12.1 Å². The van der Waals surface area contributed by atoms with E-state index >= 15 is 0 Å². The van der Waals surface area contributed by atoms with Crippen molar-refractivity contribution in [2.45, 2.75) is 13.0 Å². The van der Waals surface area contributed by atoms with Crippen molar-refractivity contribution in [1.29, 1.82) is 0 Å². The highest BCUT2D eigenvalue weighted by Gasteiger charge is 2.50. The molecule has 2 aliphatic heterocycles. The molecule has 4 rings (SSSR count). The van der Waals surface area contributed by atoms with Crippen molar-refractivity contribution in [2.75, 3.05) is 33.4 Å². The normalized spacial score (nSPS) is 23.9. The van der Waals surface area contributed by atoms with Crippen LogP contribution in [-0.2, 0) is 9.53 Å². The molecule has 0 unspecified atom stereocenters. The van der Waals surface area contributed by atoms with Gasteiger partial charge in [0, 0.05) is 50.5 Å². The molecule has 2 saturated heterocycles. The number of methoxy groups -OCH3 is 1. The average molecular weight is 385 g/mol. The van der Waals surface area contributed by atoms with Crippen LogP contribution >= 0.6 is 0 Å². The number of amides is 2. The van der Waals surface area contributed by atoms with Gasteiger partial charge in [-0.3, -0.25) is 9.59 Å². The van der Waals surface area contributed by atoms with Crippen LogP contribution in [0.3, 0.4) is 0 Å². The fourth-order valence-electron chi connectivity index (χ4n) is 4.65. The molecule has 7 heteroatoms. The summed E-state index contributed by atoms with van der Waals surface area (Å²) in [6.07, 6.45) is 1.76. The fourth-order valence-corrected chi connectivity index (χ4v) is 4.65. The van der Waals surface area contributed by atoms with E-state index in [1.807, 2.05) is 17.9 Å². The molecule has 2 aliphatic rings. The highest BCUT2D eigenvalue weighted by Crippen LogP contribution is 2.45. The van der Waals surface area contributed by atoms with E-state index in [2.05, 4.69) is 4.98 Å². The Bertz CT molecular complexity index is 897. The van der Waals surface area contributed by atoms with Gasteiger partial charge in [0.15, 0.2) is 0 Å². The molecule has 2 fully saturated rings. The molecule has 148 valence electrons. The summed E-state index contributed by atoms with van der Waals surface area (Å²) in [6, 6.07) is 7.94. The van der Waals surface area contributed by atoms with Gasteiger partial charge < -0.3 is 19.5 Å². The van der Waals surface area contributed by atoms with Gasteiger partial charge in [0.05, 0.1) is 11.6 Å². The second-order valence-electron chi connectivity index (χ2n) is 7.63. The largest absolute Gasteiger partial charge is 0.375 e. The lowest BCUT2D eigenvalue weighted by Gasteiger charge is -2.30. The van der Waals surface area contributed by atoms with Crippen molar-refractivity contribution in [3.63, 3.8) is 0 Å². The number of rotatable bonds is 4. The molecule has 0 spiro atoms. The first kappa shape index (κ1) is 18.7. The summed E-state index contributed by atoms with van der Waals surface area (Å²) >= 11 is 0.